The Hall–Kier alpha value is -4.15. The first-order valence-electron chi connectivity index (χ1n) is 10.1. The van der Waals surface area contributed by atoms with Crippen LogP contribution in [0.25, 0.3) is 10.9 Å². The Balaban J connectivity index is 1.65. The zero-order valence-corrected chi connectivity index (χ0v) is 18.8. The van der Waals surface area contributed by atoms with Gasteiger partial charge in [-0.3, -0.25) is 14.8 Å². The monoisotopic (exact) mass is 457 g/mol. The van der Waals surface area contributed by atoms with Crippen LogP contribution >= 0.6 is 11.6 Å². The predicted octanol–water partition coefficient (Wildman–Crippen LogP) is 5.74. The lowest BCUT2D eigenvalue weighted by Gasteiger charge is -2.15. The minimum absolute atomic E-state index is 0.176. The van der Waals surface area contributed by atoms with Crippen LogP contribution < -0.4 is 15.4 Å². The molecule has 33 heavy (non-hydrogen) atoms. The number of fused-ring (bicyclic) bond motifs is 1. The van der Waals surface area contributed by atoms with Crippen LogP contribution in [-0.2, 0) is 11.4 Å². The molecule has 4 rings (SSSR count). The van der Waals surface area contributed by atoms with Gasteiger partial charge in [0.15, 0.2) is 0 Å². The van der Waals surface area contributed by atoms with Gasteiger partial charge >= 0.3 is 0 Å². The highest BCUT2D eigenvalue weighted by molar-refractivity contribution is 6.32. The lowest BCUT2D eigenvalue weighted by Crippen LogP contribution is -2.07. The Morgan fingerprint density at radius 2 is 2.03 bits per heavy atom. The van der Waals surface area contributed by atoms with E-state index in [1.165, 1.54) is 13.1 Å². The molecule has 2 heterocycles. The number of nitrogens with zero attached hydrogens (tertiary/aromatic N) is 3. The molecule has 0 radical (unpaired) electrons. The lowest BCUT2D eigenvalue weighted by molar-refractivity contribution is -0.114. The van der Waals surface area contributed by atoms with Crippen molar-refractivity contribution in [2.75, 3.05) is 10.6 Å². The van der Waals surface area contributed by atoms with E-state index in [4.69, 9.17) is 16.3 Å². The quantitative estimate of drug-likeness (QED) is 0.382. The molecular weight excluding hydrogens is 438 g/mol. The Labute approximate surface area is 196 Å². The molecule has 7 nitrogen and oxygen atoms in total. The maximum atomic E-state index is 11.6. The summed E-state index contributed by atoms with van der Waals surface area (Å²) in [5.41, 5.74) is 4.65. The molecule has 2 aromatic carbocycles. The Kier molecular flexibility index (Phi) is 6.38. The molecule has 4 aromatic rings. The van der Waals surface area contributed by atoms with Crippen LogP contribution in [0.4, 0.5) is 17.1 Å². The van der Waals surface area contributed by atoms with Gasteiger partial charge < -0.3 is 15.4 Å². The highest BCUT2D eigenvalue weighted by Gasteiger charge is 2.13. The number of hydrogen-bond donors (Lipinski definition) is 2. The summed E-state index contributed by atoms with van der Waals surface area (Å²) < 4.78 is 5.78. The van der Waals surface area contributed by atoms with Gasteiger partial charge in [-0.2, -0.15) is 5.26 Å². The largest absolute Gasteiger partial charge is 0.486 e. The predicted molar refractivity (Wildman–Crippen MR) is 129 cm³/mol. The lowest BCUT2D eigenvalue weighted by atomic mass is 10.1. The van der Waals surface area contributed by atoms with Crippen LogP contribution in [-0.4, -0.2) is 15.9 Å². The van der Waals surface area contributed by atoms with E-state index in [2.05, 4.69) is 26.7 Å². The molecule has 0 saturated heterocycles. The van der Waals surface area contributed by atoms with Gasteiger partial charge in [0.2, 0.25) is 5.91 Å². The van der Waals surface area contributed by atoms with Crippen LogP contribution in [0.5, 0.6) is 5.75 Å². The third kappa shape index (κ3) is 5.03. The molecule has 0 unspecified atom stereocenters. The molecule has 0 aliphatic heterocycles. The van der Waals surface area contributed by atoms with E-state index in [0.29, 0.717) is 50.9 Å². The van der Waals surface area contributed by atoms with E-state index in [0.717, 1.165) is 11.3 Å². The minimum Gasteiger partial charge on any atom is -0.486 e. The molecule has 2 aromatic heterocycles. The van der Waals surface area contributed by atoms with Gasteiger partial charge in [-0.25, -0.2) is 0 Å². The van der Waals surface area contributed by atoms with Crippen molar-refractivity contribution in [3.63, 3.8) is 0 Å². The van der Waals surface area contributed by atoms with E-state index in [1.54, 1.807) is 18.3 Å². The normalized spacial score (nSPS) is 10.5. The maximum Gasteiger partial charge on any atom is 0.221 e. The topological polar surface area (TPSA) is 99.9 Å². The van der Waals surface area contributed by atoms with Crippen LogP contribution in [0.2, 0.25) is 5.02 Å². The Bertz CT molecular complexity index is 1380. The third-order valence-corrected chi connectivity index (χ3v) is 5.24. The van der Waals surface area contributed by atoms with Gasteiger partial charge in [-0.05, 0) is 55.0 Å². The molecule has 0 spiro atoms. The second-order valence-corrected chi connectivity index (χ2v) is 7.81. The van der Waals surface area contributed by atoms with E-state index in [-0.39, 0.29) is 5.91 Å². The number of carbonyl (C=O) groups excluding carboxylic acids is 1. The van der Waals surface area contributed by atoms with E-state index in [9.17, 15) is 10.1 Å². The second-order valence-electron chi connectivity index (χ2n) is 7.40. The van der Waals surface area contributed by atoms with Crippen molar-refractivity contribution in [2.24, 2.45) is 0 Å². The number of hydrogen-bond acceptors (Lipinski definition) is 6. The van der Waals surface area contributed by atoms with Gasteiger partial charge in [0.1, 0.15) is 18.4 Å². The van der Waals surface area contributed by atoms with Crippen LogP contribution in [0.1, 0.15) is 23.7 Å². The van der Waals surface area contributed by atoms with Crippen LogP contribution in [0, 0.1) is 18.3 Å². The smallest absolute Gasteiger partial charge is 0.221 e. The SMILES string of the molecule is CC(=O)Nc1cc2c(Nc3ccc(OCc4ccccn4)c(Cl)c3)c(C#N)cnc2cc1C. The first-order chi connectivity index (χ1) is 15.9. The number of aromatic nitrogens is 2. The number of benzene rings is 2. The van der Waals surface area contributed by atoms with Gasteiger partial charge in [0.05, 0.1) is 27.5 Å². The first kappa shape index (κ1) is 22.1. The Morgan fingerprint density at radius 3 is 2.73 bits per heavy atom. The fourth-order valence-electron chi connectivity index (χ4n) is 3.36. The number of nitriles is 1. The standard InChI is InChI=1S/C25H20ClN5O2/c1-15-9-23-20(11-22(15)30-16(2)32)25(17(12-27)13-29-23)31-18-6-7-24(21(26)10-18)33-14-19-5-3-4-8-28-19/h3-11,13H,14H2,1-2H3,(H,29,31)(H,30,32). The number of rotatable bonds is 6. The number of aryl methyl sites for hydroxylation is 1. The van der Waals surface area contributed by atoms with Crippen LogP contribution in [0.15, 0.2) is 60.9 Å². The maximum absolute atomic E-state index is 11.6. The highest BCUT2D eigenvalue weighted by Crippen LogP contribution is 2.35. The molecule has 0 fully saturated rings. The highest BCUT2D eigenvalue weighted by atomic mass is 35.5. The van der Waals surface area contributed by atoms with Crippen molar-refractivity contribution in [1.82, 2.24) is 9.97 Å². The zero-order chi connectivity index (χ0) is 23.4. The van der Waals surface area contributed by atoms with Crippen molar-refractivity contribution in [1.29, 1.82) is 5.26 Å². The summed E-state index contributed by atoms with van der Waals surface area (Å²) in [6.45, 7) is 3.64. The minimum atomic E-state index is -0.176. The van der Waals surface area contributed by atoms with Crippen molar-refractivity contribution in [3.8, 4) is 11.8 Å². The van der Waals surface area contributed by atoms with Crippen molar-refractivity contribution >= 4 is 45.5 Å². The molecule has 8 heteroatoms. The van der Waals surface area contributed by atoms with E-state index < -0.39 is 0 Å². The summed E-state index contributed by atoms with van der Waals surface area (Å²) >= 11 is 6.45. The fraction of sp³-hybridized carbons (Fsp3) is 0.120. The molecule has 0 bridgehead atoms. The number of amides is 1. The number of carbonyl (C=O) groups is 1. The van der Waals surface area contributed by atoms with E-state index >= 15 is 0 Å². The van der Waals surface area contributed by atoms with E-state index in [1.807, 2.05) is 43.3 Å². The van der Waals surface area contributed by atoms with Gasteiger partial charge in [0.25, 0.3) is 0 Å². The average molecular weight is 458 g/mol. The average Bonchev–Trinajstić information content (AvgIpc) is 2.80. The zero-order valence-electron chi connectivity index (χ0n) is 18.0. The van der Waals surface area contributed by atoms with Gasteiger partial charge in [0, 0.05) is 36.1 Å². The number of pyridine rings is 2. The molecule has 0 aliphatic carbocycles. The van der Waals surface area contributed by atoms with Crippen molar-refractivity contribution < 1.29 is 9.53 Å². The number of anilines is 3. The molecule has 1 amide bonds. The second kappa shape index (κ2) is 9.55. The van der Waals surface area contributed by atoms with Gasteiger partial charge in [-0.1, -0.05) is 17.7 Å². The third-order valence-electron chi connectivity index (χ3n) is 4.95. The number of halogens is 1. The molecule has 164 valence electrons. The first-order valence-corrected chi connectivity index (χ1v) is 10.5. The molecular formula is C25H20ClN5O2. The number of ether oxygens (including phenoxy) is 1. The molecule has 0 aliphatic rings. The molecule has 0 atom stereocenters. The Morgan fingerprint density at radius 1 is 1.18 bits per heavy atom. The van der Waals surface area contributed by atoms with Crippen molar-refractivity contribution in [3.05, 3.63) is 82.8 Å². The molecule has 0 saturated carbocycles. The summed E-state index contributed by atoms with van der Waals surface area (Å²) in [4.78, 5) is 20.2. The van der Waals surface area contributed by atoms with Crippen LogP contribution in [0.3, 0.4) is 0 Å². The van der Waals surface area contributed by atoms with Crippen molar-refractivity contribution in [2.45, 2.75) is 20.5 Å². The summed E-state index contributed by atoms with van der Waals surface area (Å²) in [6.07, 6.45) is 3.23. The summed E-state index contributed by atoms with van der Waals surface area (Å²) in [5, 5.41) is 16.9. The summed E-state index contributed by atoms with van der Waals surface area (Å²) in [6, 6.07) is 16.8. The fourth-order valence-corrected chi connectivity index (χ4v) is 3.60. The van der Waals surface area contributed by atoms with Gasteiger partial charge in [-0.15, -0.1) is 0 Å². The number of nitrogens with one attached hydrogen (secondary N) is 2. The molecule has 2 N–H and O–H groups in total. The summed E-state index contributed by atoms with van der Waals surface area (Å²) in [7, 11) is 0. The summed E-state index contributed by atoms with van der Waals surface area (Å²) in [5.74, 6) is 0.348.